The molecule has 6 nitrogen and oxygen atoms in total. The van der Waals surface area contributed by atoms with E-state index in [0.717, 1.165) is 0 Å². The largest absolute Gasteiger partial charge is 0.478 e. The number of rotatable bonds is 2. The van der Waals surface area contributed by atoms with Crippen molar-refractivity contribution < 1.29 is 9.90 Å². The molecular weight excluding hydrogens is 232 g/mol. The minimum Gasteiger partial charge on any atom is -0.478 e. The third-order valence-corrected chi connectivity index (χ3v) is 2.49. The van der Waals surface area contributed by atoms with Gasteiger partial charge in [-0.2, -0.15) is 0 Å². The van der Waals surface area contributed by atoms with Gasteiger partial charge in [0.1, 0.15) is 17.1 Å². The Morgan fingerprint density at radius 1 is 1.11 bits per heavy atom. The molecule has 0 spiro atoms. The number of carboxylic acid groups (broad SMARTS) is 1. The summed E-state index contributed by atoms with van der Waals surface area (Å²) in [6.07, 6.45) is 1.62. The molecule has 0 radical (unpaired) electrons. The fourth-order valence-electron chi connectivity index (χ4n) is 1.72. The number of hydrogen-bond acceptors (Lipinski definition) is 5. The highest BCUT2D eigenvalue weighted by atomic mass is 16.4. The van der Waals surface area contributed by atoms with Crippen molar-refractivity contribution in [2.75, 3.05) is 0 Å². The second kappa shape index (κ2) is 4.48. The van der Waals surface area contributed by atoms with E-state index in [1.165, 1.54) is 0 Å². The predicted molar refractivity (Wildman–Crippen MR) is 64.2 cm³/mol. The zero-order chi connectivity index (χ0) is 13.3. The molecule has 0 aliphatic rings. The minimum atomic E-state index is -1.02. The average molecular weight is 244 g/mol. The summed E-state index contributed by atoms with van der Waals surface area (Å²) in [5.74, 6) is 0.0182. The van der Waals surface area contributed by atoms with E-state index in [-0.39, 0.29) is 5.56 Å². The van der Waals surface area contributed by atoms with Gasteiger partial charge in [0.15, 0.2) is 5.82 Å². The number of aryl methyl sites for hydroxylation is 3. The van der Waals surface area contributed by atoms with E-state index in [9.17, 15) is 4.79 Å². The van der Waals surface area contributed by atoms with Gasteiger partial charge in [0.2, 0.25) is 0 Å². The minimum absolute atomic E-state index is 0.143. The maximum absolute atomic E-state index is 11.0. The molecule has 2 heterocycles. The third kappa shape index (κ3) is 2.17. The van der Waals surface area contributed by atoms with E-state index >= 15 is 0 Å². The normalized spacial score (nSPS) is 10.4. The van der Waals surface area contributed by atoms with Crippen LogP contribution in [0, 0.1) is 20.8 Å². The molecule has 0 amide bonds. The Labute approximate surface area is 104 Å². The first-order chi connectivity index (χ1) is 8.49. The molecule has 2 rings (SSSR count). The molecule has 1 N–H and O–H groups in total. The van der Waals surface area contributed by atoms with E-state index in [0.29, 0.717) is 28.7 Å². The number of carbonyl (C=O) groups is 1. The Morgan fingerprint density at radius 3 is 2.22 bits per heavy atom. The van der Waals surface area contributed by atoms with Gasteiger partial charge < -0.3 is 5.11 Å². The van der Waals surface area contributed by atoms with Gasteiger partial charge in [0.25, 0.3) is 0 Å². The lowest BCUT2D eigenvalue weighted by molar-refractivity contribution is 0.0694. The van der Waals surface area contributed by atoms with Crippen LogP contribution in [0.2, 0.25) is 0 Å². The van der Waals surface area contributed by atoms with Gasteiger partial charge in [-0.1, -0.05) is 0 Å². The maximum Gasteiger partial charge on any atom is 0.339 e. The fourth-order valence-corrected chi connectivity index (χ4v) is 1.72. The van der Waals surface area contributed by atoms with Crippen LogP contribution < -0.4 is 0 Å². The summed E-state index contributed by atoms with van der Waals surface area (Å²) in [6, 6.07) is 1.70. The summed E-state index contributed by atoms with van der Waals surface area (Å²) in [6.45, 7) is 5.07. The van der Waals surface area contributed by atoms with Crippen molar-refractivity contribution in [1.82, 2.24) is 19.9 Å². The number of nitrogens with zero attached hydrogens (tertiary/aromatic N) is 4. The van der Waals surface area contributed by atoms with Crippen molar-refractivity contribution in [3.05, 3.63) is 35.0 Å². The van der Waals surface area contributed by atoms with Crippen LogP contribution in [0.5, 0.6) is 0 Å². The topological polar surface area (TPSA) is 88.9 Å². The monoisotopic (exact) mass is 244 g/mol. The zero-order valence-corrected chi connectivity index (χ0v) is 10.3. The van der Waals surface area contributed by atoms with Crippen molar-refractivity contribution >= 4 is 5.97 Å². The van der Waals surface area contributed by atoms with Crippen molar-refractivity contribution in [3.63, 3.8) is 0 Å². The van der Waals surface area contributed by atoms with Crippen LogP contribution in [0.15, 0.2) is 12.3 Å². The molecule has 0 atom stereocenters. The van der Waals surface area contributed by atoms with Gasteiger partial charge >= 0.3 is 5.97 Å². The Kier molecular flexibility index (Phi) is 3.01. The predicted octanol–water partition coefficient (Wildman–Crippen LogP) is 1.56. The highest BCUT2D eigenvalue weighted by Gasteiger charge is 2.16. The van der Waals surface area contributed by atoms with Crippen molar-refractivity contribution in [3.8, 4) is 11.5 Å². The molecule has 6 heteroatoms. The van der Waals surface area contributed by atoms with Gasteiger partial charge in [0.05, 0.1) is 11.4 Å². The van der Waals surface area contributed by atoms with Crippen LogP contribution in [0.3, 0.4) is 0 Å². The van der Waals surface area contributed by atoms with E-state index in [1.807, 2.05) is 0 Å². The number of aromatic carboxylic acids is 1. The van der Waals surface area contributed by atoms with Crippen LogP contribution in [-0.2, 0) is 0 Å². The molecule has 0 fully saturated rings. The lowest BCUT2D eigenvalue weighted by Crippen LogP contribution is -2.09. The van der Waals surface area contributed by atoms with Crippen molar-refractivity contribution in [1.29, 1.82) is 0 Å². The summed E-state index contributed by atoms with van der Waals surface area (Å²) >= 11 is 0. The van der Waals surface area contributed by atoms with E-state index < -0.39 is 5.97 Å². The second-order valence-electron chi connectivity index (χ2n) is 3.89. The molecule has 0 unspecified atom stereocenters. The maximum atomic E-state index is 11.0. The summed E-state index contributed by atoms with van der Waals surface area (Å²) in [7, 11) is 0. The lowest BCUT2D eigenvalue weighted by Gasteiger charge is -2.07. The van der Waals surface area contributed by atoms with Crippen LogP contribution in [0.25, 0.3) is 11.5 Å². The van der Waals surface area contributed by atoms with E-state index in [2.05, 4.69) is 19.9 Å². The Hall–Kier alpha value is -2.37. The molecule has 0 bridgehead atoms. The highest BCUT2D eigenvalue weighted by molar-refractivity contribution is 5.90. The van der Waals surface area contributed by atoms with Gasteiger partial charge in [-0.05, 0) is 26.8 Å². The van der Waals surface area contributed by atoms with Gasteiger partial charge in [-0.15, -0.1) is 0 Å². The molecule has 0 saturated heterocycles. The molecule has 0 aliphatic heterocycles. The molecule has 92 valence electrons. The summed E-state index contributed by atoms with van der Waals surface area (Å²) in [4.78, 5) is 27.6. The zero-order valence-electron chi connectivity index (χ0n) is 10.3. The van der Waals surface area contributed by atoms with Gasteiger partial charge in [-0.25, -0.2) is 24.7 Å². The molecule has 18 heavy (non-hydrogen) atoms. The van der Waals surface area contributed by atoms with Crippen molar-refractivity contribution in [2.45, 2.75) is 20.8 Å². The Balaban J connectivity index is 2.58. The number of hydrogen-bond donors (Lipinski definition) is 1. The second-order valence-corrected chi connectivity index (χ2v) is 3.89. The SMILES string of the molecule is Cc1nccc(-c2nc(C)c(C(=O)O)c(C)n2)n1. The lowest BCUT2D eigenvalue weighted by atomic mass is 10.1. The smallest absolute Gasteiger partial charge is 0.339 e. The molecule has 2 aromatic rings. The quantitative estimate of drug-likeness (QED) is 0.862. The van der Waals surface area contributed by atoms with Crippen LogP contribution in [-0.4, -0.2) is 31.0 Å². The molecule has 2 aromatic heterocycles. The van der Waals surface area contributed by atoms with Crippen molar-refractivity contribution in [2.24, 2.45) is 0 Å². The highest BCUT2D eigenvalue weighted by Crippen LogP contribution is 2.16. The summed E-state index contributed by atoms with van der Waals surface area (Å²) in [5.41, 5.74) is 1.60. The van der Waals surface area contributed by atoms with Gasteiger partial charge in [-0.3, -0.25) is 0 Å². The molecule has 0 aromatic carbocycles. The van der Waals surface area contributed by atoms with Crippen LogP contribution in [0.4, 0.5) is 0 Å². The van der Waals surface area contributed by atoms with Crippen LogP contribution in [0.1, 0.15) is 27.6 Å². The third-order valence-electron chi connectivity index (χ3n) is 2.49. The standard InChI is InChI=1S/C12H12N4O2/c1-6-10(12(17)18)7(2)15-11(14-6)9-4-5-13-8(3)16-9/h4-5H,1-3H3,(H,17,18). The van der Waals surface area contributed by atoms with Gasteiger partial charge in [0, 0.05) is 6.20 Å². The first-order valence-electron chi connectivity index (χ1n) is 5.37. The molecular formula is C12H12N4O2. The summed E-state index contributed by atoms with van der Waals surface area (Å²) < 4.78 is 0. The first-order valence-corrected chi connectivity index (χ1v) is 5.37. The Bertz CT molecular complexity index is 602. The van der Waals surface area contributed by atoms with E-state index in [4.69, 9.17) is 5.11 Å². The van der Waals surface area contributed by atoms with E-state index in [1.54, 1.807) is 33.0 Å². The Morgan fingerprint density at radius 2 is 1.72 bits per heavy atom. The van der Waals surface area contributed by atoms with Crippen LogP contribution >= 0.6 is 0 Å². The fraction of sp³-hybridized carbons (Fsp3) is 0.250. The molecule has 0 aliphatic carbocycles. The summed E-state index contributed by atoms with van der Waals surface area (Å²) in [5, 5.41) is 9.05. The number of carboxylic acids is 1. The number of aromatic nitrogens is 4. The molecule has 0 saturated carbocycles. The average Bonchev–Trinajstić information content (AvgIpc) is 2.27. The first kappa shape index (κ1) is 12.1.